The fourth-order valence-electron chi connectivity index (χ4n) is 4.98. The number of pyridine rings is 1. The van der Waals surface area contributed by atoms with Gasteiger partial charge in [0.25, 0.3) is 5.91 Å². The molecular weight excluding hydrogens is 470 g/mol. The summed E-state index contributed by atoms with van der Waals surface area (Å²) in [5, 5.41) is 19.3. The Hall–Kier alpha value is -5.05. The number of ether oxygens (including phenoxy) is 1. The Bertz CT molecular complexity index is 1710. The lowest BCUT2D eigenvalue weighted by Crippen LogP contribution is -2.47. The molecule has 3 amide bonds. The number of amides is 3. The maximum absolute atomic E-state index is 13.2. The molecule has 5 N–H and O–H groups in total. The van der Waals surface area contributed by atoms with Gasteiger partial charge in [-0.05, 0) is 35.2 Å². The third-order valence-electron chi connectivity index (χ3n) is 6.83. The number of imide groups is 1. The third-order valence-corrected chi connectivity index (χ3v) is 6.83. The monoisotopic (exact) mass is 493 g/mol. The van der Waals surface area contributed by atoms with E-state index in [4.69, 9.17) is 10.5 Å². The number of aromatic hydroxyl groups is 1. The smallest absolute Gasteiger partial charge is 0.322 e. The van der Waals surface area contributed by atoms with Crippen molar-refractivity contribution in [3.63, 3.8) is 0 Å². The zero-order valence-electron chi connectivity index (χ0n) is 19.9. The number of nitrogens with zero attached hydrogens (tertiary/aromatic N) is 2. The van der Waals surface area contributed by atoms with Crippen molar-refractivity contribution in [2.45, 2.75) is 12.1 Å². The summed E-state index contributed by atoms with van der Waals surface area (Å²) in [6.45, 7) is -0.0216. The van der Waals surface area contributed by atoms with Crippen molar-refractivity contribution in [2.24, 2.45) is 0 Å². The minimum absolute atomic E-state index is 0.0216. The van der Waals surface area contributed by atoms with Crippen molar-refractivity contribution in [2.75, 3.05) is 12.8 Å². The predicted molar refractivity (Wildman–Crippen MR) is 140 cm³/mol. The van der Waals surface area contributed by atoms with Gasteiger partial charge < -0.3 is 25.5 Å². The maximum Gasteiger partial charge on any atom is 0.322 e. The first-order valence-corrected chi connectivity index (χ1v) is 11.6. The summed E-state index contributed by atoms with van der Waals surface area (Å²) >= 11 is 0. The molecular formula is C28H23N5O4. The second-order valence-electron chi connectivity index (χ2n) is 9.04. The lowest BCUT2D eigenvalue weighted by atomic mass is 9.88. The number of aromatic nitrogens is 2. The van der Waals surface area contributed by atoms with Gasteiger partial charge in [-0.1, -0.05) is 48.5 Å². The molecule has 0 unspecified atom stereocenters. The Morgan fingerprint density at radius 1 is 1.00 bits per heavy atom. The molecule has 6 rings (SSSR count). The van der Waals surface area contributed by atoms with Gasteiger partial charge >= 0.3 is 6.03 Å². The maximum atomic E-state index is 13.2. The highest BCUT2D eigenvalue weighted by molar-refractivity contribution is 6.07. The SMILES string of the molecule is COc1ccc2cn(C[C@]3(c4ccc(-c5nc(N)cc6ccccc56)cc4)NC(=O)NC3=O)c(O)c2c1. The second kappa shape index (κ2) is 8.27. The third kappa shape index (κ3) is 3.59. The van der Waals surface area contributed by atoms with Gasteiger partial charge in [0.2, 0.25) is 0 Å². The molecule has 0 saturated carbocycles. The number of hydrogen-bond donors (Lipinski definition) is 4. The highest BCUT2D eigenvalue weighted by Crippen LogP contribution is 2.36. The Balaban J connectivity index is 1.43. The van der Waals surface area contributed by atoms with E-state index >= 15 is 0 Å². The summed E-state index contributed by atoms with van der Waals surface area (Å²) in [6, 6.07) is 21.6. The lowest BCUT2D eigenvalue weighted by molar-refractivity contribution is -0.124. The van der Waals surface area contributed by atoms with Crippen molar-refractivity contribution >= 4 is 39.3 Å². The molecule has 3 aromatic carbocycles. The highest BCUT2D eigenvalue weighted by Gasteiger charge is 2.48. The Labute approximate surface area is 211 Å². The number of rotatable bonds is 5. The summed E-state index contributed by atoms with van der Waals surface area (Å²) in [7, 11) is 1.55. The molecule has 1 aliphatic heterocycles. The quantitative estimate of drug-likeness (QED) is 0.275. The van der Waals surface area contributed by atoms with Crippen molar-refractivity contribution in [1.29, 1.82) is 0 Å². The van der Waals surface area contributed by atoms with Crippen LogP contribution in [0.4, 0.5) is 10.6 Å². The molecule has 3 heterocycles. The number of fused-ring (bicyclic) bond motifs is 2. The number of benzene rings is 3. The van der Waals surface area contributed by atoms with E-state index in [1.165, 1.54) is 0 Å². The minimum atomic E-state index is -1.43. The summed E-state index contributed by atoms with van der Waals surface area (Å²) in [4.78, 5) is 30.0. The van der Waals surface area contributed by atoms with E-state index in [9.17, 15) is 14.7 Å². The van der Waals surface area contributed by atoms with Crippen LogP contribution in [0.15, 0.2) is 79.0 Å². The average Bonchev–Trinajstić information content (AvgIpc) is 3.37. The molecule has 0 radical (unpaired) electrons. The molecule has 5 aromatic rings. The summed E-state index contributed by atoms with van der Waals surface area (Å²) < 4.78 is 6.82. The molecule has 1 saturated heterocycles. The van der Waals surface area contributed by atoms with Gasteiger partial charge in [-0.3, -0.25) is 10.1 Å². The number of hydrogen-bond acceptors (Lipinski definition) is 6. The van der Waals surface area contributed by atoms with E-state index in [0.29, 0.717) is 22.5 Å². The number of nitrogens with one attached hydrogen (secondary N) is 2. The van der Waals surface area contributed by atoms with Crippen LogP contribution in [0.2, 0.25) is 0 Å². The van der Waals surface area contributed by atoms with Gasteiger partial charge in [0.05, 0.1) is 19.3 Å². The van der Waals surface area contributed by atoms with Crippen LogP contribution in [0.25, 0.3) is 32.8 Å². The fourth-order valence-corrected chi connectivity index (χ4v) is 4.98. The van der Waals surface area contributed by atoms with Crippen LogP contribution >= 0.6 is 0 Å². The van der Waals surface area contributed by atoms with Crippen molar-refractivity contribution in [1.82, 2.24) is 20.2 Å². The largest absolute Gasteiger partial charge is 0.497 e. The Kier molecular flexibility index (Phi) is 5.01. The van der Waals surface area contributed by atoms with Gasteiger partial charge in [0, 0.05) is 27.9 Å². The van der Waals surface area contributed by atoms with E-state index in [0.717, 1.165) is 27.4 Å². The van der Waals surface area contributed by atoms with Crippen LogP contribution < -0.4 is 21.1 Å². The number of methoxy groups -OCH3 is 1. The Morgan fingerprint density at radius 3 is 2.51 bits per heavy atom. The Morgan fingerprint density at radius 2 is 1.78 bits per heavy atom. The molecule has 1 fully saturated rings. The van der Waals surface area contributed by atoms with Gasteiger partial charge in [-0.25, -0.2) is 9.78 Å². The molecule has 184 valence electrons. The summed E-state index contributed by atoms with van der Waals surface area (Å²) in [5.74, 6) is 0.464. The zero-order chi connectivity index (χ0) is 25.7. The van der Waals surface area contributed by atoms with E-state index in [1.54, 1.807) is 42.1 Å². The van der Waals surface area contributed by atoms with E-state index < -0.39 is 17.5 Å². The van der Waals surface area contributed by atoms with Crippen LogP contribution in [-0.2, 0) is 16.9 Å². The lowest BCUT2D eigenvalue weighted by Gasteiger charge is -2.27. The number of urea groups is 1. The normalized spacial score (nSPS) is 17.2. The van der Waals surface area contributed by atoms with Gasteiger partial charge in [-0.15, -0.1) is 0 Å². The van der Waals surface area contributed by atoms with E-state index in [1.807, 2.05) is 48.5 Å². The molecule has 1 atom stereocenters. The van der Waals surface area contributed by atoms with Gasteiger partial charge in [0.15, 0.2) is 11.4 Å². The molecule has 9 heteroatoms. The molecule has 0 bridgehead atoms. The first-order chi connectivity index (χ1) is 17.9. The van der Waals surface area contributed by atoms with Crippen LogP contribution in [0.5, 0.6) is 11.6 Å². The second-order valence-corrected chi connectivity index (χ2v) is 9.04. The number of anilines is 1. The molecule has 9 nitrogen and oxygen atoms in total. The number of carbonyl (C=O) groups is 2. The molecule has 0 aliphatic carbocycles. The van der Waals surface area contributed by atoms with Crippen LogP contribution in [-0.4, -0.2) is 33.7 Å². The summed E-state index contributed by atoms with van der Waals surface area (Å²) in [5.41, 5.74) is 6.71. The molecule has 1 aliphatic rings. The number of nitrogens with two attached hydrogens (primary N) is 1. The molecule has 37 heavy (non-hydrogen) atoms. The molecule has 0 spiro atoms. The van der Waals surface area contributed by atoms with Crippen LogP contribution in [0.1, 0.15) is 5.56 Å². The van der Waals surface area contributed by atoms with Crippen LogP contribution in [0.3, 0.4) is 0 Å². The summed E-state index contributed by atoms with van der Waals surface area (Å²) in [6.07, 6.45) is 1.74. The highest BCUT2D eigenvalue weighted by atomic mass is 16.5. The first-order valence-electron chi connectivity index (χ1n) is 11.6. The van der Waals surface area contributed by atoms with Gasteiger partial charge in [-0.2, -0.15) is 0 Å². The topological polar surface area (TPSA) is 131 Å². The van der Waals surface area contributed by atoms with E-state index in [-0.39, 0.29) is 12.4 Å². The van der Waals surface area contributed by atoms with E-state index in [2.05, 4.69) is 15.6 Å². The minimum Gasteiger partial charge on any atom is -0.497 e. The molecule has 2 aromatic heterocycles. The fraction of sp³-hybridized carbons (Fsp3) is 0.107. The first kappa shape index (κ1) is 22.4. The van der Waals surface area contributed by atoms with Crippen LogP contribution in [0, 0.1) is 0 Å². The van der Waals surface area contributed by atoms with Gasteiger partial charge in [0.1, 0.15) is 11.6 Å². The van der Waals surface area contributed by atoms with Crippen molar-refractivity contribution in [3.05, 3.63) is 84.6 Å². The van der Waals surface area contributed by atoms with Crippen molar-refractivity contribution < 1.29 is 19.4 Å². The average molecular weight is 494 g/mol. The zero-order valence-corrected chi connectivity index (χ0v) is 19.9. The van der Waals surface area contributed by atoms with Crippen molar-refractivity contribution in [3.8, 4) is 22.9 Å². The predicted octanol–water partition coefficient (Wildman–Crippen LogP) is 3.89. The number of nitrogen functional groups attached to an aromatic ring is 1. The standard InChI is InChI=1S/C28H23N5O4/c1-37-20-11-8-18-14-33(25(34)22(18)13-20)15-28(26(35)31-27(36)32-28)19-9-6-16(7-10-19)24-21-5-3-2-4-17(21)12-23(29)30-24/h2-14,34H,15H2,1H3,(H2,29,30)(H2,31,32,35,36)/t28-/m1/s1. The number of carbonyl (C=O) groups excluding carboxylic acids is 2.